The Balaban J connectivity index is 1.22. The zero-order valence-corrected chi connectivity index (χ0v) is 19.2. The lowest BCUT2D eigenvalue weighted by Crippen LogP contribution is -2.57. The van der Waals surface area contributed by atoms with Gasteiger partial charge in [-0.3, -0.25) is 19.4 Å². The molecule has 3 saturated heterocycles. The van der Waals surface area contributed by atoms with Gasteiger partial charge in [0.25, 0.3) is 0 Å². The summed E-state index contributed by atoms with van der Waals surface area (Å²) in [4.78, 5) is 32.6. The molecule has 3 heterocycles. The minimum Gasteiger partial charge on any atom is -0.379 e. The molecule has 0 bridgehead atoms. The van der Waals surface area contributed by atoms with Crippen LogP contribution in [0.25, 0.3) is 10.8 Å². The summed E-state index contributed by atoms with van der Waals surface area (Å²) in [5.41, 5.74) is 1.20. The Hall–Kier alpha value is -2.48. The van der Waals surface area contributed by atoms with Gasteiger partial charge in [-0.1, -0.05) is 42.5 Å². The Morgan fingerprint density at radius 2 is 1.73 bits per heavy atom. The Labute approximate surface area is 195 Å². The third kappa shape index (κ3) is 5.05. The molecule has 3 aliphatic heterocycles. The molecule has 0 unspecified atom stereocenters. The van der Waals surface area contributed by atoms with Crippen LogP contribution in [0, 0.1) is 0 Å². The van der Waals surface area contributed by atoms with Crippen LogP contribution in [0.2, 0.25) is 0 Å². The lowest BCUT2D eigenvalue weighted by atomic mass is 10.00. The van der Waals surface area contributed by atoms with E-state index in [0.717, 1.165) is 58.8 Å². The highest BCUT2D eigenvalue weighted by Crippen LogP contribution is 2.23. The number of rotatable bonds is 5. The summed E-state index contributed by atoms with van der Waals surface area (Å²) in [5.74, 6) is 0.0680. The number of fused-ring (bicyclic) bond motifs is 1. The van der Waals surface area contributed by atoms with Crippen LogP contribution in [0.4, 0.5) is 0 Å². The molecule has 0 radical (unpaired) electrons. The molecule has 0 aromatic heterocycles. The summed E-state index contributed by atoms with van der Waals surface area (Å²) in [6.07, 6.45) is 2.25. The second kappa shape index (κ2) is 10.2. The molecule has 0 spiro atoms. The van der Waals surface area contributed by atoms with Gasteiger partial charge in [0.15, 0.2) is 0 Å². The predicted molar refractivity (Wildman–Crippen MR) is 128 cm³/mol. The van der Waals surface area contributed by atoms with Gasteiger partial charge in [-0.2, -0.15) is 0 Å². The highest BCUT2D eigenvalue weighted by Gasteiger charge is 2.34. The molecule has 176 valence electrons. The number of carbonyl (C=O) groups excluding carboxylic acids is 2. The Kier molecular flexibility index (Phi) is 6.90. The van der Waals surface area contributed by atoms with E-state index in [1.807, 2.05) is 11.0 Å². The molecule has 3 fully saturated rings. The van der Waals surface area contributed by atoms with Gasteiger partial charge < -0.3 is 15.0 Å². The van der Waals surface area contributed by atoms with Crippen molar-refractivity contribution >= 4 is 22.6 Å². The highest BCUT2D eigenvalue weighted by molar-refractivity contribution is 5.89. The molecule has 7 nitrogen and oxygen atoms in total. The number of nitrogens with one attached hydrogen (secondary N) is 1. The summed E-state index contributed by atoms with van der Waals surface area (Å²) < 4.78 is 5.47. The summed E-state index contributed by atoms with van der Waals surface area (Å²) in [7, 11) is 0. The maximum Gasteiger partial charge on any atom is 0.237 e. The van der Waals surface area contributed by atoms with Crippen LogP contribution in [0.5, 0.6) is 0 Å². The third-order valence-corrected chi connectivity index (χ3v) is 7.44. The molecule has 2 aromatic rings. The zero-order chi connectivity index (χ0) is 22.6. The first-order valence-electron chi connectivity index (χ1n) is 12.3. The van der Waals surface area contributed by atoms with Crippen LogP contribution in [-0.2, 0) is 20.9 Å². The third-order valence-electron chi connectivity index (χ3n) is 7.44. The minimum atomic E-state index is -0.415. The van der Waals surface area contributed by atoms with Gasteiger partial charge in [-0.15, -0.1) is 0 Å². The molecule has 7 heteroatoms. The first-order chi connectivity index (χ1) is 16.2. The molecule has 2 amide bonds. The smallest absolute Gasteiger partial charge is 0.237 e. The van der Waals surface area contributed by atoms with Gasteiger partial charge in [0.2, 0.25) is 11.8 Å². The zero-order valence-electron chi connectivity index (χ0n) is 19.2. The number of nitrogens with zero attached hydrogens (tertiary/aromatic N) is 3. The number of ether oxygens (including phenoxy) is 1. The molecule has 1 atom stereocenters. The average molecular weight is 451 g/mol. The van der Waals surface area contributed by atoms with E-state index in [4.69, 9.17) is 4.74 Å². The molecular weight excluding hydrogens is 416 g/mol. The van der Waals surface area contributed by atoms with Crippen molar-refractivity contribution in [2.24, 2.45) is 0 Å². The molecule has 1 N–H and O–H groups in total. The number of benzene rings is 2. The van der Waals surface area contributed by atoms with Gasteiger partial charge in [0.1, 0.15) is 0 Å². The molecule has 0 aliphatic carbocycles. The Morgan fingerprint density at radius 3 is 2.55 bits per heavy atom. The number of hydrogen-bond donors (Lipinski definition) is 1. The molecule has 33 heavy (non-hydrogen) atoms. The lowest BCUT2D eigenvalue weighted by molar-refractivity contribution is -0.140. The van der Waals surface area contributed by atoms with Crippen LogP contribution in [0.3, 0.4) is 0 Å². The van der Waals surface area contributed by atoms with E-state index in [2.05, 4.69) is 51.5 Å². The fourth-order valence-electron chi connectivity index (χ4n) is 5.54. The summed E-state index contributed by atoms with van der Waals surface area (Å²) in [6.45, 7) is 7.20. The topological polar surface area (TPSA) is 65.1 Å². The van der Waals surface area contributed by atoms with E-state index in [9.17, 15) is 9.59 Å². The van der Waals surface area contributed by atoms with Crippen molar-refractivity contribution in [3.63, 3.8) is 0 Å². The number of hydrogen-bond acceptors (Lipinski definition) is 5. The van der Waals surface area contributed by atoms with Gasteiger partial charge >= 0.3 is 0 Å². The Morgan fingerprint density at radius 1 is 0.970 bits per heavy atom. The van der Waals surface area contributed by atoms with Crippen molar-refractivity contribution in [2.45, 2.75) is 37.9 Å². The molecule has 3 aliphatic rings. The summed E-state index contributed by atoms with van der Waals surface area (Å²) >= 11 is 0. The van der Waals surface area contributed by atoms with E-state index in [1.54, 1.807) is 0 Å². The van der Waals surface area contributed by atoms with Crippen LogP contribution < -0.4 is 5.32 Å². The lowest BCUT2D eigenvalue weighted by Gasteiger charge is -2.41. The van der Waals surface area contributed by atoms with Crippen LogP contribution in [0.1, 0.15) is 24.8 Å². The number of piperazine rings is 1. The maximum absolute atomic E-state index is 13.2. The highest BCUT2D eigenvalue weighted by atomic mass is 16.5. The van der Waals surface area contributed by atoms with E-state index in [0.29, 0.717) is 19.1 Å². The van der Waals surface area contributed by atoms with Gasteiger partial charge in [-0.25, -0.2) is 0 Å². The number of likely N-dealkylation sites (tertiary alicyclic amines) is 1. The van der Waals surface area contributed by atoms with Crippen molar-refractivity contribution in [2.75, 3.05) is 52.5 Å². The van der Waals surface area contributed by atoms with Crippen molar-refractivity contribution < 1.29 is 14.3 Å². The normalized spacial score (nSPS) is 23.6. The molecule has 0 saturated carbocycles. The number of carbonyl (C=O) groups is 2. The van der Waals surface area contributed by atoms with Gasteiger partial charge in [0.05, 0.1) is 25.7 Å². The summed E-state index contributed by atoms with van der Waals surface area (Å²) in [5, 5.41) is 5.38. The van der Waals surface area contributed by atoms with Gasteiger partial charge in [-0.05, 0) is 29.2 Å². The number of morpholine rings is 1. The van der Waals surface area contributed by atoms with Crippen molar-refractivity contribution in [1.29, 1.82) is 0 Å². The van der Waals surface area contributed by atoms with E-state index in [-0.39, 0.29) is 18.2 Å². The second-order valence-electron chi connectivity index (χ2n) is 9.38. The molecule has 2 aromatic carbocycles. The van der Waals surface area contributed by atoms with E-state index < -0.39 is 6.04 Å². The molecule has 5 rings (SSSR count). The largest absolute Gasteiger partial charge is 0.379 e. The second-order valence-corrected chi connectivity index (χ2v) is 9.38. The predicted octanol–water partition coefficient (Wildman–Crippen LogP) is 1.85. The maximum atomic E-state index is 13.2. The van der Waals surface area contributed by atoms with Crippen molar-refractivity contribution in [3.05, 3.63) is 48.0 Å². The fourth-order valence-corrected chi connectivity index (χ4v) is 5.54. The van der Waals surface area contributed by atoms with Crippen molar-refractivity contribution in [3.8, 4) is 0 Å². The monoisotopic (exact) mass is 450 g/mol. The van der Waals surface area contributed by atoms with Crippen LogP contribution in [0.15, 0.2) is 42.5 Å². The standard InChI is InChI=1S/C26H34N4O3/c31-25(29-11-8-22(9-12-29)28-14-16-33-17-15-28)18-24-26(32)27-10-13-30(24)19-21-6-3-5-20-4-1-2-7-23(20)21/h1-7,22,24H,8-19H2,(H,27,32)/t24-/m1/s1. The van der Waals surface area contributed by atoms with E-state index in [1.165, 1.54) is 16.3 Å². The number of amides is 2. The number of piperidine rings is 1. The average Bonchev–Trinajstić information content (AvgIpc) is 2.87. The quantitative estimate of drug-likeness (QED) is 0.753. The SMILES string of the molecule is O=C1NCCN(Cc2cccc3ccccc23)[C@@H]1CC(=O)N1CCC(N2CCOCC2)CC1. The minimum absolute atomic E-state index is 0.0296. The van der Waals surface area contributed by atoms with E-state index >= 15 is 0 Å². The van der Waals surface area contributed by atoms with Crippen LogP contribution >= 0.6 is 0 Å². The first kappa shape index (κ1) is 22.3. The molecular formula is C26H34N4O3. The van der Waals surface area contributed by atoms with Crippen molar-refractivity contribution in [1.82, 2.24) is 20.0 Å². The first-order valence-corrected chi connectivity index (χ1v) is 12.3. The Bertz CT molecular complexity index is 977. The summed E-state index contributed by atoms with van der Waals surface area (Å²) in [6, 6.07) is 14.8. The fraction of sp³-hybridized carbons (Fsp3) is 0.538. The van der Waals surface area contributed by atoms with Gasteiger partial charge in [0, 0.05) is 51.9 Å². The van der Waals surface area contributed by atoms with Crippen LogP contribution in [-0.4, -0.2) is 91.1 Å².